The zero-order chi connectivity index (χ0) is 14.2. The van der Waals surface area contributed by atoms with Gasteiger partial charge in [-0.05, 0) is 49.9 Å². The molecule has 1 aromatic carbocycles. The van der Waals surface area contributed by atoms with Crippen molar-refractivity contribution < 1.29 is 13.2 Å². The summed E-state index contributed by atoms with van der Waals surface area (Å²) < 4.78 is 33.2. The number of anilines is 1. The highest BCUT2D eigenvalue weighted by atomic mass is 32.2. The molecule has 0 aromatic heterocycles. The van der Waals surface area contributed by atoms with E-state index in [1.807, 2.05) is 13.0 Å². The minimum Gasteiger partial charge on any atom is -0.384 e. The molecule has 2 N–H and O–H groups in total. The van der Waals surface area contributed by atoms with E-state index in [0.717, 1.165) is 37.1 Å². The van der Waals surface area contributed by atoms with Crippen molar-refractivity contribution in [3.05, 3.63) is 23.8 Å². The van der Waals surface area contributed by atoms with Crippen molar-refractivity contribution in [3.63, 3.8) is 0 Å². The first-order valence-electron chi connectivity index (χ1n) is 6.97. The van der Waals surface area contributed by atoms with E-state index in [4.69, 9.17) is 4.74 Å². The van der Waals surface area contributed by atoms with Crippen LogP contribution in [-0.2, 0) is 21.2 Å². The zero-order valence-electron chi connectivity index (χ0n) is 11.6. The number of hydrogen-bond acceptors (Lipinski definition) is 4. The van der Waals surface area contributed by atoms with Crippen LogP contribution < -0.4 is 10.0 Å². The maximum absolute atomic E-state index is 12.5. The van der Waals surface area contributed by atoms with Gasteiger partial charge in [-0.25, -0.2) is 13.1 Å². The Kier molecular flexibility index (Phi) is 3.48. The highest BCUT2D eigenvalue weighted by Gasteiger charge is 2.33. The van der Waals surface area contributed by atoms with E-state index in [9.17, 15) is 8.42 Å². The molecule has 2 aliphatic rings. The second-order valence-corrected chi connectivity index (χ2v) is 7.50. The second-order valence-electron chi connectivity index (χ2n) is 5.82. The van der Waals surface area contributed by atoms with Gasteiger partial charge in [0.1, 0.15) is 0 Å². The first-order chi connectivity index (χ1) is 9.49. The molecule has 110 valence electrons. The molecule has 3 rings (SSSR count). The number of nitrogens with one attached hydrogen (secondary N) is 2. The van der Waals surface area contributed by atoms with E-state index in [2.05, 4.69) is 10.0 Å². The number of ether oxygens (including phenoxy) is 1. The lowest BCUT2D eigenvalue weighted by Gasteiger charge is -2.33. The van der Waals surface area contributed by atoms with Gasteiger partial charge in [0.15, 0.2) is 0 Å². The van der Waals surface area contributed by atoms with Crippen molar-refractivity contribution in [2.75, 3.05) is 25.1 Å². The van der Waals surface area contributed by atoms with Crippen LogP contribution >= 0.6 is 0 Å². The Labute approximate surface area is 119 Å². The molecule has 1 aromatic rings. The van der Waals surface area contributed by atoms with Gasteiger partial charge in [0.05, 0.1) is 17.0 Å². The minimum absolute atomic E-state index is 0.340. The van der Waals surface area contributed by atoms with E-state index in [-0.39, 0.29) is 0 Å². The van der Waals surface area contributed by atoms with Gasteiger partial charge in [0, 0.05) is 18.8 Å². The molecular weight excluding hydrogens is 276 g/mol. The van der Waals surface area contributed by atoms with Gasteiger partial charge < -0.3 is 10.1 Å². The van der Waals surface area contributed by atoms with Gasteiger partial charge in [0.25, 0.3) is 0 Å². The summed E-state index contributed by atoms with van der Waals surface area (Å²) in [6.07, 6.45) is 2.56. The summed E-state index contributed by atoms with van der Waals surface area (Å²) in [6, 6.07) is 5.27. The van der Waals surface area contributed by atoms with E-state index in [0.29, 0.717) is 18.1 Å². The maximum atomic E-state index is 12.5. The predicted octanol–water partition coefficient (Wildman–Crippen LogP) is 1.50. The summed E-state index contributed by atoms with van der Waals surface area (Å²) in [5, 5.41) is 3.23. The van der Waals surface area contributed by atoms with Crippen LogP contribution in [0.4, 0.5) is 5.69 Å². The molecule has 2 aliphatic heterocycles. The summed E-state index contributed by atoms with van der Waals surface area (Å²) in [7, 11) is -3.50. The highest BCUT2D eigenvalue weighted by Crippen LogP contribution is 2.27. The van der Waals surface area contributed by atoms with E-state index >= 15 is 0 Å². The third-order valence-corrected chi connectivity index (χ3v) is 5.55. The van der Waals surface area contributed by atoms with Gasteiger partial charge in [0.2, 0.25) is 10.0 Å². The Hall–Kier alpha value is -1.11. The third-order valence-electron chi connectivity index (χ3n) is 3.92. The van der Waals surface area contributed by atoms with Crippen LogP contribution in [0.15, 0.2) is 23.1 Å². The first-order valence-corrected chi connectivity index (χ1v) is 8.45. The standard InChI is InChI=1S/C14H20N2O3S/c1-14(6-2-8-19-10-14)16-20(17,18)12-3-4-13-11(9-12)5-7-15-13/h3-4,9,15-16H,2,5-8,10H2,1H3. The summed E-state index contributed by atoms with van der Waals surface area (Å²) >= 11 is 0. The summed E-state index contributed by atoms with van der Waals surface area (Å²) in [5.74, 6) is 0. The van der Waals surface area contributed by atoms with Crippen molar-refractivity contribution in [3.8, 4) is 0 Å². The zero-order valence-corrected chi connectivity index (χ0v) is 12.4. The average molecular weight is 296 g/mol. The predicted molar refractivity (Wildman–Crippen MR) is 77.4 cm³/mol. The fourth-order valence-corrected chi connectivity index (χ4v) is 4.32. The fourth-order valence-electron chi connectivity index (χ4n) is 2.85. The van der Waals surface area contributed by atoms with Crippen molar-refractivity contribution >= 4 is 15.7 Å². The van der Waals surface area contributed by atoms with Crippen molar-refractivity contribution in [1.82, 2.24) is 4.72 Å². The molecule has 1 saturated heterocycles. The van der Waals surface area contributed by atoms with Gasteiger partial charge in [-0.2, -0.15) is 0 Å². The molecule has 2 heterocycles. The molecule has 1 fully saturated rings. The van der Waals surface area contributed by atoms with Crippen LogP contribution in [0.25, 0.3) is 0 Å². The first kappa shape index (κ1) is 13.9. The monoisotopic (exact) mass is 296 g/mol. The SMILES string of the molecule is CC1(NS(=O)(=O)c2ccc3c(c2)CCN3)CCCOC1. The summed E-state index contributed by atoms with van der Waals surface area (Å²) in [5.41, 5.74) is 1.60. The van der Waals surface area contributed by atoms with Gasteiger partial charge >= 0.3 is 0 Å². The molecule has 0 spiro atoms. The largest absolute Gasteiger partial charge is 0.384 e. The number of sulfonamides is 1. The molecular formula is C14H20N2O3S. The van der Waals surface area contributed by atoms with Crippen LogP contribution in [0.5, 0.6) is 0 Å². The maximum Gasteiger partial charge on any atom is 0.241 e. The van der Waals surface area contributed by atoms with Crippen molar-refractivity contribution in [2.45, 2.75) is 36.6 Å². The van der Waals surface area contributed by atoms with Crippen LogP contribution in [0, 0.1) is 0 Å². The lowest BCUT2D eigenvalue weighted by atomic mass is 9.97. The molecule has 20 heavy (non-hydrogen) atoms. The van der Waals surface area contributed by atoms with Crippen molar-refractivity contribution in [2.24, 2.45) is 0 Å². The summed E-state index contributed by atoms with van der Waals surface area (Å²) in [4.78, 5) is 0.340. The Morgan fingerprint density at radius 3 is 3.00 bits per heavy atom. The highest BCUT2D eigenvalue weighted by molar-refractivity contribution is 7.89. The van der Waals surface area contributed by atoms with Crippen LogP contribution in [0.1, 0.15) is 25.3 Å². The molecule has 1 unspecified atom stereocenters. The van der Waals surface area contributed by atoms with Crippen molar-refractivity contribution in [1.29, 1.82) is 0 Å². The van der Waals surface area contributed by atoms with Gasteiger partial charge in [-0.3, -0.25) is 0 Å². The Morgan fingerprint density at radius 2 is 2.25 bits per heavy atom. The Bertz CT molecular complexity index is 607. The number of rotatable bonds is 3. The number of hydrogen-bond donors (Lipinski definition) is 2. The number of benzene rings is 1. The third kappa shape index (κ3) is 2.68. The van der Waals surface area contributed by atoms with Crippen LogP contribution in [0.3, 0.4) is 0 Å². The molecule has 0 radical (unpaired) electrons. The molecule has 0 bridgehead atoms. The van der Waals surface area contributed by atoms with E-state index < -0.39 is 15.6 Å². The van der Waals surface area contributed by atoms with Gasteiger partial charge in [-0.15, -0.1) is 0 Å². The lowest BCUT2D eigenvalue weighted by Crippen LogP contribution is -2.51. The van der Waals surface area contributed by atoms with Crippen LogP contribution in [-0.4, -0.2) is 33.7 Å². The molecule has 0 saturated carbocycles. The molecule has 0 aliphatic carbocycles. The average Bonchev–Trinajstić information content (AvgIpc) is 2.85. The summed E-state index contributed by atoms with van der Waals surface area (Å²) in [6.45, 7) is 3.91. The Morgan fingerprint density at radius 1 is 1.40 bits per heavy atom. The van der Waals surface area contributed by atoms with Gasteiger partial charge in [-0.1, -0.05) is 0 Å². The molecule has 5 nitrogen and oxygen atoms in total. The number of fused-ring (bicyclic) bond motifs is 1. The normalized spacial score (nSPS) is 26.1. The quantitative estimate of drug-likeness (QED) is 0.887. The van der Waals surface area contributed by atoms with Crippen LogP contribution in [0.2, 0.25) is 0 Å². The molecule has 0 amide bonds. The fraction of sp³-hybridized carbons (Fsp3) is 0.571. The topological polar surface area (TPSA) is 67.4 Å². The smallest absolute Gasteiger partial charge is 0.241 e. The van der Waals surface area contributed by atoms with E-state index in [1.165, 1.54) is 0 Å². The second kappa shape index (κ2) is 5.02. The minimum atomic E-state index is -3.50. The lowest BCUT2D eigenvalue weighted by molar-refractivity contribution is 0.0386. The molecule has 6 heteroatoms. The van der Waals surface area contributed by atoms with E-state index in [1.54, 1.807) is 12.1 Å². The molecule has 1 atom stereocenters. The Balaban J connectivity index is 1.84.